The van der Waals surface area contributed by atoms with E-state index in [1.54, 1.807) is 0 Å². The van der Waals surface area contributed by atoms with E-state index in [1.165, 1.54) is 38.5 Å². The van der Waals surface area contributed by atoms with E-state index in [2.05, 4.69) is 22.1 Å². The number of fused-ring (bicyclic) bond motifs is 1. The Morgan fingerprint density at radius 1 is 1.32 bits per heavy atom. The molecule has 1 saturated heterocycles. The molecule has 0 spiro atoms. The van der Waals surface area contributed by atoms with Crippen molar-refractivity contribution in [3.8, 4) is 0 Å². The summed E-state index contributed by atoms with van der Waals surface area (Å²) in [7, 11) is 0. The van der Waals surface area contributed by atoms with Crippen LogP contribution in [0.15, 0.2) is 10.7 Å². The number of nitrogens with zero attached hydrogens (tertiary/aromatic N) is 2. The van der Waals surface area contributed by atoms with Crippen molar-refractivity contribution in [2.75, 3.05) is 18.0 Å². The van der Waals surface area contributed by atoms with E-state index in [-0.39, 0.29) is 0 Å². The van der Waals surface area contributed by atoms with Crippen molar-refractivity contribution < 1.29 is 4.42 Å². The van der Waals surface area contributed by atoms with Gasteiger partial charge in [-0.3, -0.25) is 0 Å². The summed E-state index contributed by atoms with van der Waals surface area (Å²) in [6.45, 7) is 5.00. The summed E-state index contributed by atoms with van der Waals surface area (Å²) >= 11 is 0. The van der Waals surface area contributed by atoms with E-state index in [0.717, 1.165) is 37.3 Å². The summed E-state index contributed by atoms with van der Waals surface area (Å²) < 4.78 is 5.72. The molecule has 2 aliphatic rings. The minimum absolute atomic E-state index is 0.674. The first-order chi connectivity index (χ1) is 9.38. The van der Waals surface area contributed by atoms with Crippen molar-refractivity contribution in [1.82, 2.24) is 10.3 Å². The van der Waals surface area contributed by atoms with E-state index >= 15 is 0 Å². The minimum Gasteiger partial charge on any atom is -0.432 e. The highest BCUT2D eigenvalue weighted by Crippen LogP contribution is 2.37. The number of rotatable bonds is 4. The standard InChI is InChI=1S/C15H25N3O/c1-2-16-10-13-11-19-15(17-13)18-9-5-7-12-6-3-4-8-14(12)18/h11-12,14,16H,2-10H2,1H3/t12-,14-/m1/s1. The van der Waals surface area contributed by atoms with Gasteiger partial charge in [-0.15, -0.1) is 0 Å². The lowest BCUT2D eigenvalue weighted by molar-refractivity contribution is 0.235. The number of hydrogen-bond donors (Lipinski definition) is 1. The quantitative estimate of drug-likeness (QED) is 0.907. The van der Waals surface area contributed by atoms with E-state index in [0.29, 0.717) is 6.04 Å². The van der Waals surface area contributed by atoms with Crippen LogP contribution in [0.5, 0.6) is 0 Å². The summed E-state index contributed by atoms with van der Waals surface area (Å²) in [6.07, 6.45) is 9.97. The zero-order chi connectivity index (χ0) is 13.1. The molecule has 2 heterocycles. The van der Waals surface area contributed by atoms with E-state index in [1.807, 2.05) is 6.26 Å². The molecule has 19 heavy (non-hydrogen) atoms. The fraction of sp³-hybridized carbons (Fsp3) is 0.800. The minimum atomic E-state index is 0.674. The Labute approximate surface area is 115 Å². The van der Waals surface area contributed by atoms with E-state index < -0.39 is 0 Å². The van der Waals surface area contributed by atoms with Crippen LogP contribution in [0.25, 0.3) is 0 Å². The van der Waals surface area contributed by atoms with E-state index in [9.17, 15) is 0 Å². The van der Waals surface area contributed by atoms with Crippen LogP contribution in [-0.2, 0) is 6.54 Å². The number of hydrogen-bond acceptors (Lipinski definition) is 4. The van der Waals surface area contributed by atoms with Crippen LogP contribution in [0, 0.1) is 5.92 Å². The van der Waals surface area contributed by atoms with Gasteiger partial charge >= 0.3 is 0 Å². The van der Waals surface area contributed by atoms with Gasteiger partial charge in [0, 0.05) is 19.1 Å². The monoisotopic (exact) mass is 263 g/mol. The molecule has 0 aromatic carbocycles. The van der Waals surface area contributed by atoms with Gasteiger partial charge in [0.15, 0.2) is 0 Å². The number of nitrogens with one attached hydrogen (secondary N) is 1. The van der Waals surface area contributed by atoms with Gasteiger partial charge in [0.2, 0.25) is 0 Å². The average Bonchev–Trinajstić information content (AvgIpc) is 2.93. The maximum atomic E-state index is 5.72. The number of piperidine rings is 1. The van der Waals surface area contributed by atoms with Crippen molar-refractivity contribution >= 4 is 6.01 Å². The van der Waals surface area contributed by atoms with Crippen LogP contribution in [0.2, 0.25) is 0 Å². The maximum absolute atomic E-state index is 5.72. The molecule has 0 bridgehead atoms. The Bertz CT molecular complexity index is 402. The highest BCUT2D eigenvalue weighted by Gasteiger charge is 2.35. The third-order valence-corrected chi connectivity index (χ3v) is 4.58. The first kappa shape index (κ1) is 13.0. The summed E-state index contributed by atoms with van der Waals surface area (Å²) in [5.41, 5.74) is 1.02. The van der Waals surface area contributed by atoms with Crippen LogP contribution in [0.3, 0.4) is 0 Å². The van der Waals surface area contributed by atoms with Gasteiger partial charge in [-0.2, -0.15) is 4.98 Å². The van der Waals surface area contributed by atoms with Crippen molar-refractivity contribution in [2.24, 2.45) is 5.92 Å². The van der Waals surface area contributed by atoms with Gasteiger partial charge in [-0.05, 0) is 38.1 Å². The van der Waals surface area contributed by atoms with Gasteiger partial charge in [-0.25, -0.2) is 0 Å². The zero-order valence-electron chi connectivity index (χ0n) is 11.9. The largest absolute Gasteiger partial charge is 0.432 e. The first-order valence-electron chi connectivity index (χ1n) is 7.80. The molecular weight excluding hydrogens is 238 g/mol. The Hall–Kier alpha value is -1.03. The van der Waals surface area contributed by atoms with Crippen LogP contribution in [0.4, 0.5) is 6.01 Å². The molecule has 106 valence electrons. The predicted octanol–water partition coefficient (Wildman–Crippen LogP) is 2.94. The average molecular weight is 263 g/mol. The molecule has 4 heteroatoms. The Morgan fingerprint density at radius 2 is 2.16 bits per heavy atom. The molecule has 4 nitrogen and oxygen atoms in total. The van der Waals surface area contributed by atoms with Crippen LogP contribution in [0.1, 0.15) is 51.1 Å². The Balaban J connectivity index is 1.70. The van der Waals surface area contributed by atoms with Gasteiger partial charge in [-0.1, -0.05) is 19.8 Å². The van der Waals surface area contributed by atoms with Crippen molar-refractivity contribution in [1.29, 1.82) is 0 Å². The molecule has 0 unspecified atom stereocenters. The van der Waals surface area contributed by atoms with Gasteiger partial charge in [0.05, 0.1) is 5.69 Å². The smallest absolute Gasteiger partial charge is 0.297 e. The summed E-state index contributed by atoms with van der Waals surface area (Å²) in [6, 6.07) is 1.53. The topological polar surface area (TPSA) is 41.3 Å². The fourth-order valence-electron chi connectivity index (χ4n) is 3.62. The van der Waals surface area contributed by atoms with Crippen LogP contribution in [-0.4, -0.2) is 24.1 Å². The molecule has 1 aliphatic heterocycles. The SMILES string of the molecule is CCNCc1coc(N2CCC[C@H]3CCCC[C@H]32)n1. The highest BCUT2D eigenvalue weighted by atomic mass is 16.4. The molecule has 2 fully saturated rings. The van der Waals surface area contributed by atoms with Crippen LogP contribution >= 0.6 is 0 Å². The molecule has 1 N–H and O–H groups in total. The normalized spacial score (nSPS) is 27.3. The third-order valence-electron chi connectivity index (χ3n) is 4.58. The second kappa shape index (κ2) is 5.95. The second-order valence-electron chi connectivity index (χ2n) is 5.85. The highest BCUT2D eigenvalue weighted by molar-refractivity contribution is 5.31. The molecule has 1 saturated carbocycles. The van der Waals surface area contributed by atoms with Crippen molar-refractivity contribution in [3.63, 3.8) is 0 Å². The van der Waals surface area contributed by atoms with E-state index in [4.69, 9.17) is 4.42 Å². The lowest BCUT2D eigenvalue weighted by Crippen LogP contribution is -2.47. The third kappa shape index (κ3) is 2.78. The van der Waals surface area contributed by atoms with Gasteiger partial charge in [0.25, 0.3) is 6.01 Å². The summed E-state index contributed by atoms with van der Waals surface area (Å²) in [5, 5.41) is 3.30. The Kier molecular flexibility index (Phi) is 4.06. The molecule has 1 aromatic rings. The summed E-state index contributed by atoms with van der Waals surface area (Å²) in [5.74, 6) is 0.867. The predicted molar refractivity (Wildman–Crippen MR) is 76.2 cm³/mol. The summed E-state index contributed by atoms with van der Waals surface area (Å²) in [4.78, 5) is 7.09. The van der Waals surface area contributed by atoms with Gasteiger partial charge < -0.3 is 14.6 Å². The van der Waals surface area contributed by atoms with Crippen molar-refractivity contribution in [3.05, 3.63) is 12.0 Å². The molecule has 1 aliphatic carbocycles. The Morgan fingerprint density at radius 3 is 3.05 bits per heavy atom. The molecule has 0 radical (unpaired) electrons. The maximum Gasteiger partial charge on any atom is 0.297 e. The zero-order valence-corrected chi connectivity index (χ0v) is 11.9. The molecule has 0 amide bonds. The second-order valence-corrected chi connectivity index (χ2v) is 5.85. The van der Waals surface area contributed by atoms with Crippen molar-refractivity contribution in [2.45, 2.75) is 58.0 Å². The van der Waals surface area contributed by atoms with Crippen LogP contribution < -0.4 is 10.2 Å². The lowest BCUT2D eigenvalue weighted by atomic mass is 9.78. The number of aromatic nitrogens is 1. The molecular formula is C15H25N3O. The first-order valence-corrected chi connectivity index (χ1v) is 7.80. The number of anilines is 1. The molecule has 2 atom stereocenters. The number of oxazole rings is 1. The van der Waals surface area contributed by atoms with Gasteiger partial charge in [0.1, 0.15) is 6.26 Å². The fourth-order valence-corrected chi connectivity index (χ4v) is 3.62. The molecule has 1 aromatic heterocycles. The lowest BCUT2D eigenvalue weighted by Gasteiger charge is -2.43. The molecule has 3 rings (SSSR count).